The quantitative estimate of drug-likeness (QED) is 0.928. The number of hydrogen-bond donors (Lipinski definition) is 1. The Bertz CT molecular complexity index is 668. The van der Waals surface area contributed by atoms with Crippen molar-refractivity contribution >= 4 is 28.8 Å². The van der Waals surface area contributed by atoms with Gasteiger partial charge in [0.2, 0.25) is 5.91 Å². The van der Waals surface area contributed by atoms with E-state index < -0.39 is 0 Å². The Kier molecular flexibility index (Phi) is 4.52. The largest absolute Gasteiger partial charge is 0.340 e. The predicted octanol–water partition coefficient (Wildman–Crippen LogP) is 2.10. The number of imidazole rings is 1. The molecule has 2 aromatic rings. The topological polar surface area (TPSA) is 50.2 Å². The van der Waals surface area contributed by atoms with Crippen LogP contribution in [-0.4, -0.2) is 40.5 Å². The number of amides is 1. The first-order chi connectivity index (χ1) is 10.5. The Morgan fingerprint density at radius 3 is 3.00 bits per heavy atom. The minimum atomic E-state index is -0.0599. The van der Waals surface area contributed by atoms with Gasteiger partial charge in [-0.05, 0) is 12.1 Å². The molecule has 2 aromatic heterocycles. The number of aromatic nitrogens is 2. The molecule has 3 heterocycles. The first kappa shape index (κ1) is 15.5. The molecule has 1 N–H and O–H groups in total. The van der Waals surface area contributed by atoms with E-state index in [1.807, 2.05) is 37.0 Å². The first-order valence-electron chi connectivity index (χ1n) is 7.22. The van der Waals surface area contributed by atoms with Crippen LogP contribution in [0.1, 0.15) is 16.5 Å². The first-order valence-corrected chi connectivity index (χ1v) is 8.42. The van der Waals surface area contributed by atoms with Crippen LogP contribution in [0, 0.1) is 5.92 Å². The van der Waals surface area contributed by atoms with Crippen LogP contribution in [0.4, 0.5) is 0 Å². The van der Waals surface area contributed by atoms with Crippen molar-refractivity contribution in [2.45, 2.75) is 12.5 Å². The Balaban J connectivity index is 1.70. The number of nitrogens with zero attached hydrogens (tertiary/aromatic N) is 3. The number of aryl methyl sites for hydroxylation is 1. The molecule has 5 nitrogen and oxygen atoms in total. The molecule has 1 saturated heterocycles. The Labute approximate surface area is 138 Å². The molecule has 0 unspecified atom stereocenters. The third-order valence-corrected chi connectivity index (χ3v) is 5.25. The normalized spacial score (nSPS) is 21.2. The number of carbonyl (C=O) groups excluding carboxylic acids is 1. The van der Waals surface area contributed by atoms with Crippen LogP contribution in [0.2, 0.25) is 4.34 Å². The summed E-state index contributed by atoms with van der Waals surface area (Å²) in [5.41, 5.74) is 0.985. The van der Waals surface area contributed by atoms with Gasteiger partial charge < -0.3 is 14.8 Å². The van der Waals surface area contributed by atoms with Gasteiger partial charge in [0.25, 0.3) is 0 Å². The van der Waals surface area contributed by atoms with Crippen LogP contribution in [0.3, 0.4) is 0 Å². The summed E-state index contributed by atoms with van der Waals surface area (Å²) < 4.78 is 2.68. The molecule has 0 spiro atoms. The van der Waals surface area contributed by atoms with E-state index >= 15 is 0 Å². The fourth-order valence-corrected chi connectivity index (χ4v) is 4.05. The number of hydrogen-bond acceptors (Lipinski definition) is 4. The maximum absolute atomic E-state index is 12.8. The van der Waals surface area contributed by atoms with Gasteiger partial charge in [-0.15, -0.1) is 11.3 Å². The van der Waals surface area contributed by atoms with E-state index in [0.29, 0.717) is 13.1 Å². The molecule has 1 aliphatic rings. The van der Waals surface area contributed by atoms with Gasteiger partial charge in [-0.25, -0.2) is 4.98 Å². The van der Waals surface area contributed by atoms with Gasteiger partial charge in [-0.1, -0.05) is 11.6 Å². The Morgan fingerprint density at radius 1 is 1.55 bits per heavy atom. The number of thiophene rings is 1. The molecule has 118 valence electrons. The maximum atomic E-state index is 12.8. The van der Waals surface area contributed by atoms with Crippen molar-refractivity contribution in [3.63, 3.8) is 0 Å². The lowest BCUT2D eigenvalue weighted by Gasteiger charge is -2.23. The van der Waals surface area contributed by atoms with Crippen molar-refractivity contribution in [1.29, 1.82) is 0 Å². The van der Waals surface area contributed by atoms with E-state index in [1.54, 1.807) is 11.2 Å². The van der Waals surface area contributed by atoms with E-state index in [-0.39, 0.29) is 17.7 Å². The molecule has 1 aliphatic heterocycles. The SMILES string of the molecule is CN(Cc1ccc(Cl)s1)C(=O)[C@@H]1CNC[C@H]1c1cn(C)cn1. The average Bonchev–Trinajstić information content (AvgIpc) is 3.18. The average molecular weight is 339 g/mol. The second-order valence-electron chi connectivity index (χ2n) is 5.74. The lowest BCUT2D eigenvalue weighted by Crippen LogP contribution is -2.35. The zero-order valence-electron chi connectivity index (χ0n) is 12.6. The van der Waals surface area contributed by atoms with Crippen LogP contribution < -0.4 is 5.32 Å². The number of halogens is 1. The zero-order chi connectivity index (χ0) is 15.7. The molecule has 0 aliphatic carbocycles. The van der Waals surface area contributed by atoms with Gasteiger partial charge in [0.05, 0.1) is 28.8 Å². The van der Waals surface area contributed by atoms with Crippen LogP contribution in [0.15, 0.2) is 24.7 Å². The van der Waals surface area contributed by atoms with Gasteiger partial charge in [-0.2, -0.15) is 0 Å². The van der Waals surface area contributed by atoms with Gasteiger partial charge in [0.1, 0.15) is 0 Å². The van der Waals surface area contributed by atoms with Crippen LogP contribution in [0.5, 0.6) is 0 Å². The van der Waals surface area contributed by atoms with E-state index in [2.05, 4.69) is 10.3 Å². The molecular weight excluding hydrogens is 320 g/mol. The van der Waals surface area contributed by atoms with E-state index in [0.717, 1.165) is 21.5 Å². The van der Waals surface area contributed by atoms with E-state index in [1.165, 1.54) is 11.3 Å². The number of nitrogens with one attached hydrogen (secondary N) is 1. The van der Waals surface area contributed by atoms with Crippen molar-refractivity contribution in [2.24, 2.45) is 13.0 Å². The van der Waals surface area contributed by atoms with Crippen LogP contribution in [0.25, 0.3) is 0 Å². The lowest BCUT2D eigenvalue weighted by molar-refractivity contribution is -0.134. The smallest absolute Gasteiger partial charge is 0.227 e. The van der Waals surface area contributed by atoms with Gasteiger partial charge >= 0.3 is 0 Å². The molecule has 1 amide bonds. The van der Waals surface area contributed by atoms with Crippen molar-refractivity contribution in [2.75, 3.05) is 20.1 Å². The highest BCUT2D eigenvalue weighted by atomic mass is 35.5. The molecule has 22 heavy (non-hydrogen) atoms. The molecule has 0 aromatic carbocycles. The third-order valence-electron chi connectivity index (χ3n) is 4.03. The fourth-order valence-electron chi connectivity index (χ4n) is 2.90. The molecule has 0 saturated carbocycles. The molecule has 1 fully saturated rings. The molecule has 0 radical (unpaired) electrons. The van der Waals surface area contributed by atoms with E-state index in [4.69, 9.17) is 11.6 Å². The van der Waals surface area contributed by atoms with E-state index in [9.17, 15) is 4.79 Å². The highest BCUT2D eigenvalue weighted by Crippen LogP contribution is 2.29. The molecule has 3 rings (SSSR count). The summed E-state index contributed by atoms with van der Waals surface area (Å²) in [7, 11) is 3.80. The van der Waals surface area contributed by atoms with Crippen molar-refractivity contribution in [1.82, 2.24) is 19.8 Å². The Morgan fingerprint density at radius 2 is 2.36 bits per heavy atom. The standard InChI is InChI=1S/C15H19ClN4OS/c1-19-8-13(18-9-19)11-5-17-6-12(11)15(21)20(2)7-10-3-4-14(16)22-10/h3-4,8-9,11-12,17H,5-7H2,1-2H3/t11-,12-/m1/s1. The molecule has 0 bridgehead atoms. The third kappa shape index (κ3) is 3.19. The summed E-state index contributed by atoms with van der Waals surface area (Å²) in [4.78, 5) is 20.1. The summed E-state index contributed by atoms with van der Waals surface area (Å²) in [6.45, 7) is 2.10. The summed E-state index contributed by atoms with van der Waals surface area (Å²) >= 11 is 7.47. The summed E-state index contributed by atoms with van der Waals surface area (Å²) in [6.07, 6.45) is 3.78. The zero-order valence-corrected chi connectivity index (χ0v) is 14.2. The predicted molar refractivity (Wildman–Crippen MR) is 88.1 cm³/mol. The molecule has 2 atom stereocenters. The molecular formula is C15H19ClN4OS. The van der Waals surface area contributed by atoms with Crippen LogP contribution in [-0.2, 0) is 18.4 Å². The van der Waals surface area contributed by atoms with Gasteiger partial charge in [-0.3, -0.25) is 4.79 Å². The van der Waals surface area contributed by atoms with Gasteiger partial charge in [0.15, 0.2) is 0 Å². The second-order valence-corrected chi connectivity index (χ2v) is 7.53. The van der Waals surface area contributed by atoms with Crippen molar-refractivity contribution < 1.29 is 4.79 Å². The Hall–Kier alpha value is -1.37. The van der Waals surface area contributed by atoms with Crippen LogP contribution >= 0.6 is 22.9 Å². The number of rotatable bonds is 4. The second kappa shape index (κ2) is 6.40. The van der Waals surface area contributed by atoms with Crippen molar-refractivity contribution in [3.05, 3.63) is 39.6 Å². The highest BCUT2D eigenvalue weighted by Gasteiger charge is 2.36. The summed E-state index contributed by atoms with van der Waals surface area (Å²) in [6, 6.07) is 3.84. The molecule has 7 heteroatoms. The summed E-state index contributed by atoms with van der Waals surface area (Å²) in [5, 5.41) is 3.32. The lowest BCUT2D eigenvalue weighted by atomic mass is 9.92. The number of carbonyl (C=O) groups is 1. The highest BCUT2D eigenvalue weighted by molar-refractivity contribution is 7.16. The minimum absolute atomic E-state index is 0.0599. The van der Waals surface area contributed by atoms with Crippen molar-refractivity contribution in [3.8, 4) is 0 Å². The minimum Gasteiger partial charge on any atom is -0.340 e. The fraction of sp³-hybridized carbons (Fsp3) is 0.467. The maximum Gasteiger partial charge on any atom is 0.227 e. The monoisotopic (exact) mass is 338 g/mol. The van der Waals surface area contributed by atoms with Gasteiger partial charge in [0, 0.05) is 44.2 Å². The summed E-state index contributed by atoms with van der Waals surface area (Å²) in [5.74, 6) is 0.239.